The molecule has 0 saturated carbocycles. The van der Waals surface area contributed by atoms with E-state index in [1.807, 2.05) is 45.9 Å². The van der Waals surface area contributed by atoms with Crippen molar-refractivity contribution in [2.24, 2.45) is 11.3 Å². The van der Waals surface area contributed by atoms with Gasteiger partial charge in [0.25, 0.3) is 0 Å². The second-order valence-electron chi connectivity index (χ2n) is 7.46. The fourth-order valence-corrected chi connectivity index (χ4v) is 3.59. The van der Waals surface area contributed by atoms with Gasteiger partial charge < -0.3 is 0 Å². The summed E-state index contributed by atoms with van der Waals surface area (Å²) in [5.74, 6) is 0.732. The minimum absolute atomic E-state index is 0.0524. The van der Waals surface area contributed by atoms with Gasteiger partial charge in [-0.15, -0.1) is 5.10 Å². The highest BCUT2D eigenvalue weighted by atomic mass is 16.2. The lowest BCUT2D eigenvalue weighted by Gasteiger charge is -2.25. The van der Waals surface area contributed by atoms with Crippen molar-refractivity contribution in [1.29, 1.82) is 0 Å². The van der Waals surface area contributed by atoms with E-state index in [9.17, 15) is 4.79 Å². The first kappa shape index (κ1) is 16.6. The second-order valence-corrected chi connectivity index (χ2v) is 7.46. The zero-order chi connectivity index (χ0) is 18.5. The molecule has 1 aliphatic carbocycles. The summed E-state index contributed by atoms with van der Waals surface area (Å²) in [7, 11) is 0. The number of allylic oxidation sites excluding steroid dienone is 4. The molecule has 0 spiro atoms. The maximum absolute atomic E-state index is 13.1. The summed E-state index contributed by atoms with van der Waals surface area (Å²) in [5, 5.41) is 8.37. The molecule has 2 aromatic rings. The van der Waals surface area contributed by atoms with Gasteiger partial charge in [-0.3, -0.25) is 19.7 Å². The third-order valence-corrected chi connectivity index (χ3v) is 5.21. The highest BCUT2D eigenvalue weighted by Crippen LogP contribution is 2.49. The van der Waals surface area contributed by atoms with Gasteiger partial charge in [0.1, 0.15) is 0 Å². The number of rotatable bonds is 2. The first-order chi connectivity index (χ1) is 12.4. The Bertz CT molecular complexity index is 926. The van der Waals surface area contributed by atoms with E-state index in [1.165, 1.54) is 0 Å². The van der Waals surface area contributed by atoms with Crippen molar-refractivity contribution >= 4 is 17.3 Å². The van der Waals surface area contributed by atoms with E-state index in [0.29, 0.717) is 5.82 Å². The Morgan fingerprint density at radius 2 is 1.88 bits per heavy atom. The van der Waals surface area contributed by atoms with Gasteiger partial charge in [0, 0.05) is 17.8 Å². The van der Waals surface area contributed by atoms with E-state index in [0.717, 1.165) is 34.8 Å². The molecule has 2 aromatic heterocycles. The molecule has 6 heteroatoms. The fourth-order valence-electron chi connectivity index (χ4n) is 3.59. The number of aryl methyl sites for hydroxylation is 2. The summed E-state index contributed by atoms with van der Waals surface area (Å²) >= 11 is 0. The Hall–Kier alpha value is -2.89. The van der Waals surface area contributed by atoms with Crippen LogP contribution in [0.3, 0.4) is 0 Å². The first-order valence-electron chi connectivity index (χ1n) is 8.73. The molecule has 1 unspecified atom stereocenters. The quantitative estimate of drug-likeness (QED) is 0.834. The third kappa shape index (κ3) is 2.53. The fraction of sp³-hybridized carbons (Fsp3) is 0.350. The minimum atomic E-state index is -0.487. The zero-order valence-electron chi connectivity index (χ0n) is 15.4. The topological polar surface area (TPSA) is 71.9 Å². The van der Waals surface area contributed by atoms with Gasteiger partial charge in [0.15, 0.2) is 5.82 Å². The lowest BCUT2D eigenvalue weighted by Crippen LogP contribution is -2.32. The van der Waals surface area contributed by atoms with Gasteiger partial charge in [-0.1, -0.05) is 19.9 Å². The van der Waals surface area contributed by atoms with Crippen LogP contribution in [0.5, 0.6) is 0 Å². The molecule has 0 N–H and O–H groups in total. The van der Waals surface area contributed by atoms with Crippen LogP contribution in [0.4, 0.5) is 5.82 Å². The van der Waals surface area contributed by atoms with E-state index in [2.05, 4.69) is 26.2 Å². The maximum atomic E-state index is 13.1. The number of nitrogens with zero attached hydrogens (tertiary/aromatic N) is 5. The van der Waals surface area contributed by atoms with E-state index in [4.69, 9.17) is 0 Å². The van der Waals surface area contributed by atoms with Gasteiger partial charge in [-0.2, -0.15) is 5.10 Å². The molecule has 0 aromatic carbocycles. The number of carbonyl (C=O) groups excluding carboxylic acids is 1. The number of fused-ring (bicyclic) bond motifs is 1. The van der Waals surface area contributed by atoms with E-state index in [1.54, 1.807) is 17.3 Å². The van der Waals surface area contributed by atoms with Crippen LogP contribution in [0.25, 0.3) is 5.57 Å². The van der Waals surface area contributed by atoms with Crippen molar-refractivity contribution in [3.8, 4) is 0 Å². The zero-order valence-corrected chi connectivity index (χ0v) is 15.4. The van der Waals surface area contributed by atoms with Gasteiger partial charge in [-0.05, 0) is 44.1 Å². The second kappa shape index (κ2) is 5.83. The van der Waals surface area contributed by atoms with Crippen molar-refractivity contribution in [3.05, 3.63) is 59.5 Å². The predicted octanol–water partition coefficient (Wildman–Crippen LogP) is 3.24. The lowest BCUT2D eigenvalue weighted by atomic mass is 9.76. The average molecular weight is 347 g/mol. The molecule has 132 valence electrons. The Morgan fingerprint density at radius 3 is 2.54 bits per heavy atom. The Labute approximate surface area is 152 Å². The number of anilines is 1. The number of hydrogen-bond acceptors (Lipinski definition) is 5. The minimum Gasteiger partial charge on any atom is -0.273 e. The molecular formula is C20H21N5O. The van der Waals surface area contributed by atoms with Crippen LogP contribution >= 0.6 is 0 Å². The van der Waals surface area contributed by atoms with Gasteiger partial charge >= 0.3 is 0 Å². The largest absolute Gasteiger partial charge is 0.273 e. The molecule has 1 aliphatic heterocycles. The van der Waals surface area contributed by atoms with Crippen molar-refractivity contribution in [1.82, 2.24) is 20.2 Å². The van der Waals surface area contributed by atoms with Crippen LogP contribution < -0.4 is 4.90 Å². The number of aromatic nitrogens is 4. The van der Waals surface area contributed by atoms with E-state index in [-0.39, 0.29) is 11.8 Å². The predicted molar refractivity (Wildman–Crippen MR) is 99.0 cm³/mol. The molecule has 26 heavy (non-hydrogen) atoms. The van der Waals surface area contributed by atoms with Gasteiger partial charge in [0.05, 0.1) is 28.7 Å². The molecule has 0 radical (unpaired) electrons. The molecule has 0 bridgehead atoms. The standard InChI is InChI=1S/C20H21N5O/c1-12-5-8-18(24-23-12)25-17-9-14(16-11-21-13(2)10-22-16)6-7-15(17)20(3,4)19(25)26/h5-6,8-11,15H,7H2,1-4H3. The van der Waals surface area contributed by atoms with Crippen LogP contribution in [0.15, 0.2) is 42.4 Å². The van der Waals surface area contributed by atoms with Crippen molar-refractivity contribution in [2.45, 2.75) is 34.1 Å². The molecule has 1 atom stereocenters. The summed E-state index contributed by atoms with van der Waals surface area (Å²) in [4.78, 5) is 23.7. The van der Waals surface area contributed by atoms with Crippen LogP contribution in [0.1, 0.15) is 37.4 Å². The summed E-state index contributed by atoms with van der Waals surface area (Å²) in [5.41, 5.74) is 3.97. The molecule has 6 nitrogen and oxygen atoms in total. The monoisotopic (exact) mass is 347 g/mol. The van der Waals surface area contributed by atoms with E-state index >= 15 is 0 Å². The summed E-state index contributed by atoms with van der Waals surface area (Å²) < 4.78 is 0. The van der Waals surface area contributed by atoms with Crippen molar-refractivity contribution < 1.29 is 4.79 Å². The first-order valence-corrected chi connectivity index (χ1v) is 8.73. The smallest absolute Gasteiger partial charge is 0.238 e. The van der Waals surface area contributed by atoms with Crippen molar-refractivity contribution in [3.63, 3.8) is 0 Å². The normalized spacial score (nSPS) is 21.3. The van der Waals surface area contributed by atoms with Crippen LogP contribution in [0, 0.1) is 25.2 Å². The average Bonchev–Trinajstić information content (AvgIpc) is 2.83. The van der Waals surface area contributed by atoms with Crippen LogP contribution in [0.2, 0.25) is 0 Å². The number of carbonyl (C=O) groups is 1. The molecule has 1 saturated heterocycles. The molecule has 1 amide bonds. The maximum Gasteiger partial charge on any atom is 0.238 e. The van der Waals surface area contributed by atoms with Gasteiger partial charge in [0.2, 0.25) is 5.91 Å². The summed E-state index contributed by atoms with van der Waals surface area (Å²) in [6.45, 7) is 7.79. The van der Waals surface area contributed by atoms with Crippen LogP contribution in [-0.4, -0.2) is 26.1 Å². The summed E-state index contributed by atoms with van der Waals surface area (Å²) in [6.07, 6.45) is 8.50. The molecule has 1 fully saturated rings. The van der Waals surface area contributed by atoms with Crippen molar-refractivity contribution in [2.75, 3.05) is 4.90 Å². The Balaban J connectivity index is 1.79. The molecular weight excluding hydrogens is 326 g/mol. The number of amides is 1. The summed E-state index contributed by atoms with van der Waals surface area (Å²) in [6, 6.07) is 3.73. The SMILES string of the molecule is Cc1cnc(C2=CCC3C(=C2)N(c2ccc(C)nn2)C(=O)C3(C)C)cn1. The molecule has 3 heterocycles. The lowest BCUT2D eigenvalue weighted by molar-refractivity contribution is -0.125. The van der Waals surface area contributed by atoms with E-state index < -0.39 is 5.41 Å². The third-order valence-electron chi connectivity index (χ3n) is 5.21. The highest BCUT2D eigenvalue weighted by Gasteiger charge is 2.51. The number of hydrogen-bond donors (Lipinski definition) is 0. The Kier molecular flexibility index (Phi) is 3.72. The Morgan fingerprint density at radius 1 is 1.08 bits per heavy atom. The van der Waals surface area contributed by atoms with Gasteiger partial charge in [-0.25, -0.2) is 0 Å². The molecule has 2 aliphatic rings. The van der Waals surface area contributed by atoms with Crippen LogP contribution in [-0.2, 0) is 4.79 Å². The highest BCUT2D eigenvalue weighted by molar-refractivity contribution is 6.04. The molecule has 4 rings (SSSR count).